The average Bonchev–Trinajstić information content (AvgIpc) is 2.27. The van der Waals surface area contributed by atoms with Crippen molar-refractivity contribution in [3.63, 3.8) is 0 Å². The highest BCUT2D eigenvalue weighted by Gasteiger charge is 2.30. The van der Waals surface area contributed by atoms with E-state index in [9.17, 15) is 4.79 Å². The largest absolute Gasteiger partial charge is 0.361 e. The predicted molar refractivity (Wildman–Crippen MR) is 72.6 cm³/mol. The van der Waals surface area contributed by atoms with Crippen LogP contribution in [0.25, 0.3) is 0 Å². The summed E-state index contributed by atoms with van der Waals surface area (Å²) < 4.78 is 0. The van der Waals surface area contributed by atoms with Crippen LogP contribution in [0.5, 0.6) is 0 Å². The van der Waals surface area contributed by atoms with E-state index in [2.05, 4.69) is 36.7 Å². The smallest absolute Gasteiger partial charge is 0.219 e. The molecule has 0 spiro atoms. The van der Waals surface area contributed by atoms with Crippen molar-refractivity contribution in [3.05, 3.63) is 24.0 Å². The summed E-state index contributed by atoms with van der Waals surface area (Å²) in [6, 6.07) is 2.80. The number of hydrogen-bond acceptors (Lipinski definition) is 3. The number of carbonyl (C=O) groups excluding carboxylic acids is 1. The highest BCUT2D eigenvalue weighted by Crippen LogP contribution is 2.24. The quantitative estimate of drug-likeness (QED) is 0.759. The molecule has 1 aromatic rings. The van der Waals surface area contributed by atoms with Gasteiger partial charge in [-0.05, 0) is 32.4 Å². The van der Waals surface area contributed by atoms with Crippen LogP contribution in [-0.2, 0) is 4.79 Å². The molecule has 1 saturated heterocycles. The molecule has 4 heteroatoms. The van der Waals surface area contributed by atoms with Gasteiger partial charge < -0.3 is 9.80 Å². The summed E-state index contributed by atoms with van der Waals surface area (Å²) in [5, 5.41) is 0. The Morgan fingerprint density at radius 1 is 1.28 bits per heavy atom. The van der Waals surface area contributed by atoms with Gasteiger partial charge in [-0.1, -0.05) is 0 Å². The maximum atomic E-state index is 11.5. The number of carbonyl (C=O) groups is 1. The van der Waals surface area contributed by atoms with Gasteiger partial charge in [0.15, 0.2) is 0 Å². The van der Waals surface area contributed by atoms with Crippen molar-refractivity contribution in [2.75, 3.05) is 18.0 Å². The molecule has 1 fully saturated rings. The Balaban J connectivity index is 2.22. The first-order chi connectivity index (χ1) is 8.49. The van der Waals surface area contributed by atoms with Crippen LogP contribution in [0.2, 0.25) is 0 Å². The predicted octanol–water partition coefficient (Wildman–Crippen LogP) is 1.84. The molecule has 2 atom stereocenters. The van der Waals surface area contributed by atoms with E-state index in [1.807, 2.05) is 17.3 Å². The van der Waals surface area contributed by atoms with Gasteiger partial charge in [0.05, 0.1) is 11.9 Å². The van der Waals surface area contributed by atoms with Crippen molar-refractivity contribution in [2.24, 2.45) is 0 Å². The van der Waals surface area contributed by atoms with E-state index in [1.165, 1.54) is 5.56 Å². The Labute approximate surface area is 109 Å². The number of rotatable bonds is 1. The molecule has 1 aliphatic heterocycles. The maximum absolute atomic E-state index is 11.5. The molecule has 0 aliphatic carbocycles. The minimum absolute atomic E-state index is 0.163. The van der Waals surface area contributed by atoms with E-state index in [0.717, 1.165) is 18.8 Å². The maximum Gasteiger partial charge on any atom is 0.219 e. The van der Waals surface area contributed by atoms with E-state index in [-0.39, 0.29) is 5.91 Å². The molecule has 0 radical (unpaired) electrons. The third kappa shape index (κ3) is 2.47. The molecule has 0 unspecified atom stereocenters. The molecule has 2 rings (SSSR count). The van der Waals surface area contributed by atoms with Crippen molar-refractivity contribution in [2.45, 2.75) is 39.8 Å². The van der Waals surface area contributed by atoms with Crippen molar-refractivity contribution in [1.82, 2.24) is 9.88 Å². The van der Waals surface area contributed by atoms with E-state index in [4.69, 9.17) is 0 Å². The van der Waals surface area contributed by atoms with E-state index >= 15 is 0 Å². The topological polar surface area (TPSA) is 36.4 Å². The number of pyridine rings is 1. The number of amides is 1. The highest BCUT2D eigenvalue weighted by atomic mass is 16.2. The van der Waals surface area contributed by atoms with Gasteiger partial charge in [0.1, 0.15) is 0 Å². The lowest BCUT2D eigenvalue weighted by Crippen LogP contribution is -2.58. The lowest BCUT2D eigenvalue weighted by molar-refractivity contribution is -0.130. The first kappa shape index (κ1) is 12.9. The zero-order valence-corrected chi connectivity index (χ0v) is 11.6. The van der Waals surface area contributed by atoms with Gasteiger partial charge in [0, 0.05) is 38.3 Å². The monoisotopic (exact) mass is 247 g/mol. The Morgan fingerprint density at radius 2 is 1.89 bits per heavy atom. The number of aromatic nitrogens is 1. The van der Waals surface area contributed by atoms with E-state index in [0.29, 0.717) is 12.1 Å². The molecule has 4 nitrogen and oxygen atoms in total. The molecular formula is C14H21N3O. The van der Waals surface area contributed by atoms with Gasteiger partial charge in [0.2, 0.25) is 5.91 Å². The van der Waals surface area contributed by atoms with Gasteiger partial charge >= 0.3 is 0 Å². The fourth-order valence-electron chi connectivity index (χ4n) is 2.77. The molecule has 0 bridgehead atoms. The summed E-state index contributed by atoms with van der Waals surface area (Å²) in [7, 11) is 0. The number of hydrogen-bond donors (Lipinski definition) is 0. The summed E-state index contributed by atoms with van der Waals surface area (Å²) in [5.41, 5.74) is 2.32. The fraction of sp³-hybridized carbons (Fsp3) is 0.571. The Bertz CT molecular complexity index is 434. The van der Waals surface area contributed by atoms with Crippen LogP contribution in [-0.4, -0.2) is 41.0 Å². The molecular weight excluding hydrogens is 226 g/mol. The zero-order valence-electron chi connectivity index (χ0n) is 11.6. The molecule has 1 amide bonds. The van der Waals surface area contributed by atoms with Crippen molar-refractivity contribution < 1.29 is 4.79 Å². The van der Waals surface area contributed by atoms with Crippen LogP contribution in [0, 0.1) is 6.92 Å². The van der Waals surface area contributed by atoms with Crippen LogP contribution < -0.4 is 4.90 Å². The molecule has 0 N–H and O–H groups in total. The normalized spacial score (nSPS) is 24.2. The lowest BCUT2D eigenvalue weighted by atomic mass is 10.1. The lowest BCUT2D eigenvalue weighted by Gasteiger charge is -2.45. The summed E-state index contributed by atoms with van der Waals surface area (Å²) in [5.74, 6) is 0.163. The minimum atomic E-state index is 0.163. The Hall–Kier alpha value is -1.58. The van der Waals surface area contributed by atoms with Crippen LogP contribution >= 0.6 is 0 Å². The van der Waals surface area contributed by atoms with E-state index < -0.39 is 0 Å². The van der Waals surface area contributed by atoms with Crippen LogP contribution in [0.1, 0.15) is 26.3 Å². The molecule has 98 valence electrons. The molecule has 2 heterocycles. The third-order valence-corrected chi connectivity index (χ3v) is 3.52. The summed E-state index contributed by atoms with van der Waals surface area (Å²) in [6.45, 7) is 9.59. The molecule has 1 aliphatic rings. The van der Waals surface area contributed by atoms with Gasteiger partial charge in [-0.25, -0.2) is 0 Å². The average molecular weight is 247 g/mol. The first-order valence-corrected chi connectivity index (χ1v) is 6.44. The first-order valence-electron chi connectivity index (χ1n) is 6.44. The number of anilines is 1. The second-order valence-corrected chi connectivity index (χ2v) is 5.25. The fourth-order valence-corrected chi connectivity index (χ4v) is 2.77. The molecule has 1 aromatic heterocycles. The van der Waals surface area contributed by atoms with Crippen LogP contribution in [0.3, 0.4) is 0 Å². The van der Waals surface area contributed by atoms with Crippen LogP contribution in [0.15, 0.2) is 18.5 Å². The zero-order chi connectivity index (χ0) is 13.3. The van der Waals surface area contributed by atoms with Crippen LogP contribution in [0.4, 0.5) is 5.69 Å². The van der Waals surface area contributed by atoms with Gasteiger partial charge in [-0.15, -0.1) is 0 Å². The number of nitrogens with zero attached hydrogens (tertiary/aromatic N) is 3. The highest BCUT2D eigenvalue weighted by molar-refractivity contribution is 5.73. The minimum Gasteiger partial charge on any atom is -0.361 e. The SMILES string of the molecule is CC(=O)N1C[C@@H](C)N(c2cncc(C)c2)[C@@H](C)C1. The summed E-state index contributed by atoms with van der Waals surface area (Å²) in [4.78, 5) is 20.0. The molecule has 18 heavy (non-hydrogen) atoms. The Morgan fingerprint density at radius 3 is 2.39 bits per heavy atom. The Kier molecular flexibility index (Phi) is 3.55. The standard InChI is InChI=1S/C14H21N3O/c1-10-5-14(7-15-6-10)17-11(2)8-16(13(4)18)9-12(17)3/h5-7,11-12H,8-9H2,1-4H3/t11-,12+. The van der Waals surface area contributed by atoms with Crippen molar-refractivity contribution >= 4 is 11.6 Å². The summed E-state index contributed by atoms with van der Waals surface area (Å²) in [6.07, 6.45) is 3.77. The number of aryl methyl sites for hydroxylation is 1. The van der Waals surface area contributed by atoms with Gasteiger partial charge in [-0.3, -0.25) is 9.78 Å². The van der Waals surface area contributed by atoms with Gasteiger partial charge in [-0.2, -0.15) is 0 Å². The molecule has 0 saturated carbocycles. The summed E-state index contributed by atoms with van der Waals surface area (Å²) >= 11 is 0. The third-order valence-electron chi connectivity index (χ3n) is 3.52. The second kappa shape index (κ2) is 4.96. The van der Waals surface area contributed by atoms with Crippen molar-refractivity contribution in [1.29, 1.82) is 0 Å². The van der Waals surface area contributed by atoms with E-state index in [1.54, 1.807) is 6.92 Å². The van der Waals surface area contributed by atoms with Crippen molar-refractivity contribution in [3.8, 4) is 0 Å². The van der Waals surface area contributed by atoms with Gasteiger partial charge in [0.25, 0.3) is 0 Å². The molecule has 0 aromatic carbocycles. The second-order valence-electron chi connectivity index (χ2n) is 5.25. The number of piperazine rings is 1.